The summed E-state index contributed by atoms with van der Waals surface area (Å²) < 4.78 is 170. The first-order valence-corrected chi connectivity index (χ1v) is 20.4. The second-order valence-corrected chi connectivity index (χ2v) is 15.2. The van der Waals surface area contributed by atoms with Gasteiger partial charge in [-0.05, 0) is 57.6 Å². The van der Waals surface area contributed by atoms with Crippen molar-refractivity contribution in [1.82, 2.24) is 5.32 Å². The number of ether oxygens (including phenoxy) is 2. The molecule has 0 radical (unpaired) electrons. The van der Waals surface area contributed by atoms with E-state index in [1.54, 1.807) is 0 Å². The highest BCUT2D eigenvalue weighted by Gasteiger charge is 2.45. The Morgan fingerprint density at radius 3 is 1.33 bits per heavy atom. The average Bonchev–Trinajstić information content (AvgIpc) is 3.28. The van der Waals surface area contributed by atoms with Crippen LogP contribution in [-0.2, 0) is 47.4 Å². The zero-order valence-electron chi connectivity index (χ0n) is 35.2. The van der Waals surface area contributed by atoms with Crippen molar-refractivity contribution in [2.75, 3.05) is 19.8 Å². The predicted octanol–water partition coefficient (Wildman–Crippen LogP) is 13.0. The van der Waals surface area contributed by atoms with E-state index in [0.29, 0.717) is 18.2 Å². The predicted molar refractivity (Wildman–Crippen MR) is 227 cm³/mol. The molecule has 2 unspecified atom stereocenters. The largest absolute Gasteiger partial charge is 0.417 e. The molecule has 2 atom stereocenters. The van der Waals surface area contributed by atoms with Crippen molar-refractivity contribution in [2.45, 2.75) is 61.8 Å². The van der Waals surface area contributed by atoms with Crippen LogP contribution >= 0.6 is 0 Å². The topological polar surface area (TPSA) is 80.3 Å². The number of nitrogens with two attached hydrogens (primary N) is 1. The van der Waals surface area contributed by atoms with Crippen molar-refractivity contribution in [2.24, 2.45) is 5.73 Å². The van der Waals surface area contributed by atoms with Crippen LogP contribution in [0.25, 0.3) is 0 Å². The normalized spacial score (nSPS) is 13.2. The molecule has 354 valence electrons. The van der Waals surface area contributed by atoms with E-state index < -0.39 is 77.8 Å². The molecule has 0 saturated carbocycles. The standard InChI is InChI=1S/C26H22F6N2O.C24H21F6NO/c27-25(28,29)21-13-18(14-22(15-21)26(30,31)32)16-35-17-23(34-12-11-33)24(19-7-3-1-4-8-19)20-9-5-2-6-10-20;25-23(26,27)19-13-7-12-18(22(19)24(28,29)30)14-32-15-20(31)21(16-8-3-1-4-9-16)17-10-5-2-6-11-17/h1-10,13-15,23-24,34H,12,16-17H2;1-13,20-21H,14-15,31H2. The van der Waals surface area contributed by atoms with Crippen LogP contribution in [0.1, 0.15) is 67.5 Å². The Hall–Kier alpha value is -6.19. The second-order valence-electron chi connectivity index (χ2n) is 15.2. The van der Waals surface area contributed by atoms with Gasteiger partial charge in [0.05, 0.1) is 61.3 Å². The molecule has 0 aromatic heterocycles. The van der Waals surface area contributed by atoms with Gasteiger partial charge in [0.1, 0.15) is 0 Å². The molecule has 5 nitrogen and oxygen atoms in total. The molecule has 0 bridgehead atoms. The molecule has 0 fully saturated rings. The third-order valence-corrected chi connectivity index (χ3v) is 10.4. The van der Waals surface area contributed by atoms with Gasteiger partial charge in [0.2, 0.25) is 0 Å². The number of rotatable bonds is 16. The van der Waals surface area contributed by atoms with Gasteiger partial charge in [-0.3, -0.25) is 5.32 Å². The number of nitrogens with zero attached hydrogens (tertiary/aromatic N) is 1. The van der Waals surface area contributed by atoms with Crippen molar-refractivity contribution in [3.8, 4) is 6.07 Å². The van der Waals surface area contributed by atoms with E-state index in [-0.39, 0.29) is 43.2 Å². The third-order valence-electron chi connectivity index (χ3n) is 10.4. The summed E-state index contributed by atoms with van der Waals surface area (Å²) in [6.45, 7) is -1.35. The van der Waals surface area contributed by atoms with Crippen molar-refractivity contribution in [3.63, 3.8) is 0 Å². The lowest BCUT2D eigenvalue weighted by Crippen LogP contribution is -2.39. The van der Waals surface area contributed by atoms with Gasteiger partial charge < -0.3 is 15.2 Å². The molecular weight excluding hydrogens is 903 g/mol. The summed E-state index contributed by atoms with van der Waals surface area (Å²) >= 11 is 0. The summed E-state index contributed by atoms with van der Waals surface area (Å²) in [5.74, 6) is -0.584. The highest BCUT2D eigenvalue weighted by atomic mass is 19.4. The molecule has 67 heavy (non-hydrogen) atoms. The molecule has 6 rings (SSSR count). The second kappa shape index (κ2) is 23.0. The lowest BCUT2D eigenvalue weighted by atomic mass is 9.85. The van der Waals surface area contributed by atoms with Crippen LogP contribution in [0.2, 0.25) is 0 Å². The van der Waals surface area contributed by atoms with Crippen molar-refractivity contribution in [3.05, 3.63) is 213 Å². The summed E-state index contributed by atoms with van der Waals surface area (Å²) in [5.41, 5.74) is 2.87. The molecule has 6 aromatic rings. The number of benzene rings is 6. The first-order chi connectivity index (χ1) is 31.7. The van der Waals surface area contributed by atoms with E-state index in [1.165, 1.54) is 0 Å². The van der Waals surface area contributed by atoms with Crippen molar-refractivity contribution in [1.29, 1.82) is 5.26 Å². The molecule has 0 aliphatic heterocycles. The maximum atomic E-state index is 13.4. The van der Waals surface area contributed by atoms with Crippen LogP contribution in [0, 0.1) is 11.3 Å². The van der Waals surface area contributed by atoms with Gasteiger partial charge in [-0.15, -0.1) is 0 Å². The number of hydrogen-bond donors (Lipinski definition) is 2. The fraction of sp³-hybridized carbons (Fsp3) is 0.260. The van der Waals surface area contributed by atoms with Crippen molar-refractivity contribution < 1.29 is 62.2 Å². The maximum Gasteiger partial charge on any atom is 0.417 e. The minimum Gasteiger partial charge on any atom is -0.375 e. The molecule has 6 aromatic carbocycles. The van der Waals surface area contributed by atoms with Crippen LogP contribution in [0.4, 0.5) is 52.7 Å². The van der Waals surface area contributed by atoms with Gasteiger partial charge in [-0.2, -0.15) is 57.9 Å². The highest BCUT2D eigenvalue weighted by molar-refractivity contribution is 5.40. The van der Waals surface area contributed by atoms with Crippen LogP contribution in [0.3, 0.4) is 0 Å². The smallest absolute Gasteiger partial charge is 0.375 e. The Bertz CT molecular complexity index is 2360. The van der Waals surface area contributed by atoms with E-state index in [0.717, 1.165) is 34.4 Å². The quantitative estimate of drug-likeness (QED) is 0.0746. The van der Waals surface area contributed by atoms with Gasteiger partial charge in [-0.1, -0.05) is 133 Å². The number of nitrogens with one attached hydrogen (secondary N) is 1. The van der Waals surface area contributed by atoms with Crippen LogP contribution in [-0.4, -0.2) is 31.8 Å². The number of alkyl halides is 12. The summed E-state index contributed by atoms with van der Waals surface area (Å²) in [4.78, 5) is 0. The highest BCUT2D eigenvalue weighted by Crippen LogP contribution is 2.42. The molecule has 0 aliphatic carbocycles. The van der Waals surface area contributed by atoms with Crippen LogP contribution < -0.4 is 11.1 Å². The molecule has 3 N–H and O–H groups in total. The number of halogens is 12. The minimum atomic E-state index is -5.18. The maximum absolute atomic E-state index is 13.4. The minimum absolute atomic E-state index is 0.0219. The van der Waals surface area contributed by atoms with Gasteiger partial charge in [0, 0.05) is 23.9 Å². The Labute approximate surface area is 378 Å². The van der Waals surface area contributed by atoms with E-state index in [1.807, 2.05) is 127 Å². The Kier molecular flexibility index (Phi) is 17.8. The van der Waals surface area contributed by atoms with Crippen molar-refractivity contribution >= 4 is 0 Å². The summed E-state index contributed by atoms with van der Waals surface area (Å²) in [7, 11) is 0. The lowest BCUT2D eigenvalue weighted by molar-refractivity contribution is -0.163. The average molecular weight is 946 g/mol. The summed E-state index contributed by atoms with van der Waals surface area (Å²) in [6.07, 6.45) is -20.2. The van der Waals surface area contributed by atoms with Gasteiger partial charge in [0.25, 0.3) is 0 Å². The number of hydrogen-bond acceptors (Lipinski definition) is 5. The fourth-order valence-corrected chi connectivity index (χ4v) is 7.53. The molecule has 0 heterocycles. The fourth-order valence-electron chi connectivity index (χ4n) is 7.53. The van der Waals surface area contributed by atoms with E-state index in [2.05, 4.69) is 5.32 Å². The Morgan fingerprint density at radius 2 is 0.925 bits per heavy atom. The van der Waals surface area contributed by atoms with Gasteiger partial charge in [0.15, 0.2) is 0 Å². The van der Waals surface area contributed by atoms with Crippen LogP contribution in [0.15, 0.2) is 158 Å². The van der Waals surface area contributed by atoms with E-state index >= 15 is 0 Å². The summed E-state index contributed by atoms with van der Waals surface area (Å²) in [6, 6.07) is 41.9. The first kappa shape index (κ1) is 51.8. The summed E-state index contributed by atoms with van der Waals surface area (Å²) in [5, 5.41) is 12.2. The molecule has 0 saturated heterocycles. The van der Waals surface area contributed by atoms with E-state index in [4.69, 9.17) is 20.5 Å². The van der Waals surface area contributed by atoms with Gasteiger partial charge >= 0.3 is 24.7 Å². The molecule has 0 amide bonds. The number of nitriles is 1. The zero-order chi connectivity index (χ0) is 48.8. The molecular formula is C50H43F12N3O2. The Balaban J connectivity index is 0.000000252. The molecule has 0 aliphatic rings. The van der Waals surface area contributed by atoms with E-state index in [9.17, 15) is 52.7 Å². The van der Waals surface area contributed by atoms with Gasteiger partial charge in [-0.25, -0.2) is 0 Å². The molecule has 17 heteroatoms. The lowest BCUT2D eigenvalue weighted by Gasteiger charge is -2.28. The third kappa shape index (κ3) is 14.9. The van der Waals surface area contributed by atoms with Crippen LogP contribution in [0.5, 0.6) is 0 Å². The molecule has 0 spiro atoms. The zero-order valence-corrected chi connectivity index (χ0v) is 35.2. The monoisotopic (exact) mass is 945 g/mol. The SMILES string of the molecule is N#CCNC(COCc1cc(C(F)(F)F)cc(C(F)(F)F)c1)C(c1ccccc1)c1ccccc1.NC(COCc1cccc(C(F)(F)F)c1C(F)(F)F)C(c1ccccc1)c1ccccc1. The first-order valence-electron chi connectivity index (χ1n) is 20.4. The Morgan fingerprint density at radius 1 is 0.493 bits per heavy atom.